The minimum atomic E-state index is -0.165. The lowest BCUT2D eigenvalue weighted by molar-refractivity contribution is 0.0683. The maximum absolute atomic E-state index is 5.47. The van der Waals surface area contributed by atoms with Crippen molar-refractivity contribution in [2.45, 2.75) is 65.5 Å². The molecule has 7 nitrogen and oxygen atoms in total. The van der Waals surface area contributed by atoms with E-state index in [9.17, 15) is 0 Å². The summed E-state index contributed by atoms with van der Waals surface area (Å²) in [6.45, 7) is 8.57. The van der Waals surface area contributed by atoms with E-state index in [1.165, 1.54) is 25.7 Å². The van der Waals surface area contributed by atoms with Crippen LogP contribution in [0.3, 0.4) is 0 Å². The zero-order valence-corrected chi connectivity index (χ0v) is 18.4. The third-order valence-electron chi connectivity index (χ3n) is 4.10. The number of nitrogens with zero attached hydrogens (tertiary/aromatic N) is 3. The molecule has 0 spiro atoms. The van der Waals surface area contributed by atoms with Crippen molar-refractivity contribution >= 4 is 29.9 Å². The van der Waals surface area contributed by atoms with Crippen LogP contribution in [0, 0.1) is 0 Å². The van der Waals surface area contributed by atoms with Crippen LogP contribution in [0.1, 0.15) is 70.7 Å². The van der Waals surface area contributed by atoms with Crippen LogP contribution in [0.15, 0.2) is 21.2 Å². The highest BCUT2D eigenvalue weighted by atomic mass is 127. The monoisotopic (exact) mass is 477 g/mol. The first-order chi connectivity index (χ1) is 12.2. The summed E-state index contributed by atoms with van der Waals surface area (Å²) in [6.07, 6.45) is 8.40. The van der Waals surface area contributed by atoms with Gasteiger partial charge in [-0.2, -0.15) is 4.98 Å². The average Bonchev–Trinajstić information content (AvgIpc) is 3.10. The molecule has 0 fully saturated rings. The van der Waals surface area contributed by atoms with Crippen molar-refractivity contribution in [3.05, 3.63) is 23.4 Å². The molecule has 1 aliphatic carbocycles. The Morgan fingerprint density at radius 1 is 1.35 bits per heavy atom. The molecule has 1 aromatic rings. The number of allylic oxidation sites excluding steroid dienone is 1. The number of nitrogens with one attached hydrogen (secondary N) is 2. The maximum atomic E-state index is 5.47. The van der Waals surface area contributed by atoms with Gasteiger partial charge in [0.15, 0.2) is 11.8 Å². The maximum Gasteiger partial charge on any atom is 0.248 e. The van der Waals surface area contributed by atoms with Gasteiger partial charge in [-0.3, -0.25) is 0 Å². The number of ether oxygens (including phenoxy) is 1. The van der Waals surface area contributed by atoms with Gasteiger partial charge in [0, 0.05) is 19.7 Å². The summed E-state index contributed by atoms with van der Waals surface area (Å²) in [5.41, 5.74) is 1.56. The van der Waals surface area contributed by atoms with E-state index < -0.39 is 0 Å². The van der Waals surface area contributed by atoms with Gasteiger partial charge >= 0.3 is 0 Å². The zero-order valence-electron chi connectivity index (χ0n) is 16.1. The molecule has 0 saturated carbocycles. The minimum Gasteiger partial charge on any atom is -0.371 e. The van der Waals surface area contributed by atoms with E-state index in [0.29, 0.717) is 24.9 Å². The Morgan fingerprint density at radius 3 is 2.88 bits per heavy atom. The number of halogens is 1. The van der Waals surface area contributed by atoms with Gasteiger partial charge in [0.1, 0.15) is 12.6 Å². The molecular formula is C18H32IN5O2. The number of aromatic nitrogens is 2. The molecule has 1 unspecified atom stereocenters. The molecule has 1 heterocycles. The number of aliphatic imine (C=N–C) groups is 1. The molecule has 0 aromatic carbocycles. The van der Waals surface area contributed by atoms with Crippen molar-refractivity contribution in [2.75, 3.05) is 19.7 Å². The highest BCUT2D eigenvalue weighted by molar-refractivity contribution is 14.0. The van der Waals surface area contributed by atoms with Gasteiger partial charge in [0.25, 0.3) is 0 Å². The van der Waals surface area contributed by atoms with Crippen molar-refractivity contribution in [2.24, 2.45) is 4.99 Å². The summed E-state index contributed by atoms with van der Waals surface area (Å²) in [5, 5.41) is 10.6. The van der Waals surface area contributed by atoms with Crippen molar-refractivity contribution in [1.29, 1.82) is 0 Å². The number of hydrogen-bond donors (Lipinski definition) is 2. The molecule has 8 heteroatoms. The largest absolute Gasteiger partial charge is 0.371 e. The summed E-state index contributed by atoms with van der Waals surface area (Å²) >= 11 is 0. The van der Waals surface area contributed by atoms with Crippen molar-refractivity contribution in [1.82, 2.24) is 20.8 Å². The van der Waals surface area contributed by atoms with Gasteiger partial charge in [-0.15, -0.1) is 24.0 Å². The molecule has 2 rings (SSSR count). The van der Waals surface area contributed by atoms with E-state index in [-0.39, 0.29) is 30.1 Å². The lowest BCUT2D eigenvalue weighted by atomic mass is 9.97. The SMILES string of the molecule is CCNC(=NCc1nc(C(C)OCC)no1)NCCC1=CCCCC1.I. The normalized spacial score (nSPS) is 15.8. The van der Waals surface area contributed by atoms with Gasteiger partial charge in [-0.1, -0.05) is 16.8 Å². The first-order valence-electron chi connectivity index (χ1n) is 9.37. The van der Waals surface area contributed by atoms with Crippen molar-refractivity contribution in [3.63, 3.8) is 0 Å². The molecule has 0 saturated heterocycles. The number of hydrogen-bond acceptors (Lipinski definition) is 5. The Kier molecular flexibility index (Phi) is 11.5. The Labute approximate surface area is 173 Å². The Bertz CT molecular complexity index is 574. The van der Waals surface area contributed by atoms with E-state index in [1.807, 2.05) is 13.8 Å². The Balaban J connectivity index is 0.00000338. The Hall–Kier alpha value is -1.16. The van der Waals surface area contributed by atoms with E-state index in [4.69, 9.17) is 9.26 Å². The zero-order chi connectivity index (χ0) is 17.9. The van der Waals surface area contributed by atoms with Crippen LogP contribution in [-0.2, 0) is 11.3 Å². The predicted molar refractivity (Wildman–Crippen MR) is 114 cm³/mol. The second-order valence-electron chi connectivity index (χ2n) is 6.12. The number of rotatable bonds is 9. The van der Waals surface area contributed by atoms with Crippen LogP contribution in [0.4, 0.5) is 0 Å². The highest BCUT2D eigenvalue weighted by Crippen LogP contribution is 2.19. The summed E-state index contributed by atoms with van der Waals surface area (Å²) < 4.78 is 10.7. The fourth-order valence-electron chi connectivity index (χ4n) is 2.78. The van der Waals surface area contributed by atoms with Crippen LogP contribution in [0.5, 0.6) is 0 Å². The molecule has 0 aliphatic heterocycles. The summed E-state index contributed by atoms with van der Waals surface area (Å²) in [6, 6.07) is 0. The molecule has 1 aliphatic rings. The van der Waals surface area contributed by atoms with Crippen LogP contribution in [0.25, 0.3) is 0 Å². The lowest BCUT2D eigenvalue weighted by Crippen LogP contribution is -2.37. The molecule has 0 radical (unpaired) electrons. The summed E-state index contributed by atoms with van der Waals surface area (Å²) in [5.74, 6) is 1.83. The van der Waals surface area contributed by atoms with E-state index in [1.54, 1.807) is 5.57 Å². The third kappa shape index (κ3) is 8.03. The van der Waals surface area contributed by atoms with E-state index in [0.717, 1.165) is 25.5 Å². The van der Waals surface area contributed by atoms with E-state index in [2.05, 4.69) is 38.8 Å². The molecule has 0 bridgehead atoms. The molecule has 26 heavy (non-hydrogen) atoms. The first-order valence-corrected chi connectivity index (χ1v) is 9.37. The second kappa shape index (κ2) is 13.1. The molecule has 1 aromatic heterocycles. The average molecular weight is 477 g/mol. The highest BCUT2D eigenvalue weighted by Gasteiger charge is 2.13. The van der Waals surface area contributed by atoms with Crippen molar-refractivity contribution < 1.29 is 9.26 Å². The quantitative estimate of drug-likeness (QED) is 0.244. The third-order valence-corrected chi connectivity index (χ3v) is 4.10. The van der Waals surface area contributed by atoms with Crippen LogP contribution >= 0.6 is 24.0 Å². The Morgan fingerprint density at radius 2 is 2.19 bits per heavy atom. The molecule has 2 N–H and O–H groups in total. The van der Waals surface area contributed by atoms with Crippen molar-refractivity contribution in [3.8, 4) is 0 Å². The molecule has 1 atom stereocenters. The summed E-state index contributed by atoms with van der Waals surface area (Å²) in [4.78, 5) is 8.86. The molecular weight excluding hydrogens is 445 g/mol. The lowest BCUT2D eigenvalue weighted by Gasteiger charge is -2.14. The van der Waals surface area contributed by atoms with Gasteiger partial charge < -0.3 is 19.9 Å². The summed E-state index contributed by atoms with van der Waals surface area (Å²) in [7, 11) is 0. The minimum absolute atomic E-state index is 0. The fourth-order valence-corrected chi connectivity index (χ4v) is 2.78. The molecule has 148 valence electrons. The van der Waals surface area contributed by atoms with Gasteiger partial charge in [0.05, 0.1) is 0 Å². The van der Waals surface area contributed by atoms with Gasteiger partial charge in [0.2, 0.25) is 5.89 Å². The van der Waals surface area contributed by atoms with Crippen LogP contribution in [0.2, 0.25) is 0 Å². The smallest absolute Gasteiger partial charge is 0.248 e. The van der Waals surface area contributed by atoms with Crippen LogP contribution < -0.4 is 10.6 Å². The van der Waals surface area contributed by atoms with E-state index >= 15 is 0 Å². The van der Waals surface area contributed by atoms with Crippen LogP contribution in [-0.4, -0.2) is 35.8 Å². The standard InChI is InChI=1S/C18H31N5O2.HI/c1-4-19-18(20-12-11-15-9-7-6-8-10-15)21-13-16-22-17(23-25-16)14(3)24-5-2;/h9,14H,4-8,10-13H2,1-3H3,(H2,19,20,21);1H. The predicted octanol–water partition coefficient (Wildman–Crippen LogP) is 3.73. The fraction of sp³-hybridized carbons (Fsp3) is 0.722. The number of guanidine groups is 1. The van der Waals surface area contributed by atoms with Gasteiger partial charge in [-0.25, -0.2) is 4.99 Å². The molecule has 0 amide bonds. The second-order valence-corrected chi connectivity index (χ2v) is 6.12. The topological polar surface area (TPSA) is 84.6 Å². The van der Waals surface area contributed by atoms with Gasteiger partial charge in [-0.05, 0) is 52.9 Å². The first kappa shape index (κ1) is 22.9.